The average molecular weight is 278 g/mol. The van der Waals surface area contributed by atoms with Gasteiger partial charge in [0, 0.05) is 12.0 Å². The summed E-state index contributed by atoms with van der Waals surface area (Å²) in [5.41, 5.74) is 4.04. The number of hydrogen-bond acceptors (Lipinski definition) is 2. The van der Waals surface area contributed by atoms with E-state index in [0.29, 0.717) is 6.42 Å². The molecule has 2 aromatic carbocycles. The first kappa shape index (κ1) is 13.3. The molecule has 0 aromatic heterocycles. The number of carboxylic acids is 1. The highest BCUT2D eigenvalue weighted by Crippen LogP contribution is 2.26. The van der Waals surface area contributed by atoms with Crippen LogP contribution in [0, 0.1) is 0 Å². The summed E-state index contributed by atoms with van der Waals surface area (Å²) in [7, 11) is 0. The molecule has 3 nitrogen and oxygen atoms in total. The van der Waals surface area contributed by atoms with Gasteiger partial charge in [-0.2, -0.15) is 0 Å². The number of carbonyl (C=O) groups excluding carboxylic acids is 1. The van der Waals surface area contributed by atoms with E-state index in [1.165, 1.54) is 0 Å². The van der Waals surface area contributed by atoms with Gasteiger partial charge in [0.25, 0.3) is 0 Å². The Labute approximate surface area is 122 Å². The molecule has 3 heteroatoms. The standard InChI is InChI=1S/C18H14O3/c19-16-11-10-14-3-1-2-13(17(14)16)7-4-12-5-8-15(9-6-12)18(20)21/h1-9H,10-11H2,(H,20,21). The number of carbonyl (C=O) groups is 2. The minimum atomic E-state index is -0.933. The minimum absolute atomic E-state index is 0.200. The zero-order valence-corrected chi connectivity index (χ0v) is 11.4. The Morgan fingerprint density at radius 1 is 1.00 bits per heavy atom. The van der Waals surface area contributed by atoms with Crippen molar-refractivity contribution < 1.29 is 14.7 Å². The van der Waals surface area contributed by atoms with E-state index >= 15 is 0 Å². The Hall–Kier alpha value is -2.68. The number of fused-ring (bicyclic) bond motifs is 1. The van der Waals surface area contributed by atoms with E-state index in [0.717, 1.165) is 28.7 Å². The van der Waals surface area contributed by atoms with Crippen molar-refractivity contribution in [3.8, 4) is 0 Å². The van der Waals surface area contributed by atoms with Gasteiger partial charge < -0.3 is 5.11 Å². The molecule has 0 amide bonds. The lowest BCUT2D eigenvalue weighted by atomic mass is 10.0. The van der Waals surface area contributed by atoms with Crippen molar-refractivity contribution in [2.75, 3.05) is 0 Å². The van der Waals surface area contributed by atoms with Gasteiger partial charge in [0.05, 0.1) is 5.56 Å². The molecule has 21 heavy (non-hydrogen) atoms. The largest absolute Gasteiger partial charge is 0.478 e. The molecular weight excluding hydrogens is 264 g/mol. The van der Waals surface area contributed by atoms with Crippen molar-refractivity contribution in [2.45, 2.75) is 12.8 Å². The van der Waals surface area contributed by atoms with Crippen molar-refractivity contribution in [1.82, 2.24) is 0 Å². The topological polar surface area (TPSA) is 54.4 Å². The lowest BCUT2D eigenvalue weighted by molar-refractivity contribution is 0.0696. The number of carboxylic acid groups (broad SMARTS) is 1. The zero-order valence-electron chi connectivity index (χ0n) is 11.4. The fourth-order valence-electron chi connectivity index (χ4n) is 2.60. The summed E-state index contributed by atoms with van der Waals surface area (Å²) in [6.07, 6.45) is 5.22. The number of hydrogen-bond donors (Lipinski definition) is 1. The van der Waals surface area contributed by atoms with Crippen LogP contribution in [0.1, 0.15) is 43.8 Å². The summed E-state index contributed by atoms with van der Waals surface area (Å²) < 4.78 is 0. The first-order valence-electron chi connectivity index (χ1n) is 6.82. The summed E-state index contributed by atoms with van der Waals surface area (Å²) in [6, 6.07) is 12.6. The van der Waals surface area contributed by atoms with Gasteiger partial charge in [0.15, 0.2) is 5.78 Å². The molecular formula is C18H14O3. The van der Waals surface area contributed by atoms with Gasteiger partial charge in [-0.05, 0) is 35.2 Å². The molecule has 1 aliphatic rings. The van der Waals surface area contributed by atoms with Crippen molar-refractivity contribution in [2.24, 2.45) is 0 Å². The quantitative estimate of drug-likeness (QED) is 0.871. The van der Waals surface area contributed by atoms with Crippen molar-refractivity contribution in [3.63, 3.8) is 0 Å². The molecule has 1 N–H and O–H groups in total. The van der Waals surface area contributed by atoms with Crippen LogP contribution in [-0.2, 0) is 6.42 Å². The highest BCUT2D eigenvalue weighted by molar-refractivity contribution is 6.04. The van der Waals surface area contributed by atoms with E-state index in [1.807, 2.05) is 30.4 Å². The van der Waals surface area contributed by atoms with Gasteiger partial charge in [-0.1, -0.05) is 42.5 Å². The van der Waals surface area contributed by atoms with Gasteiger partial charge >= 0.3 is 5.97 Å². The number of rotatable bonds is 3. The van der Waals surface area contributed by atoms with Gasteiger partial charge in [-0.3, -0.25) is 4.79 Å². The van der Waals surface area contributed by atoms with Gasteiger partial charge in [0.1, 0.15) is 0 Å². The molecule has 1 aliphatic carbocycles. The molecule has 104 valence electrons. The maximum Gasteiger partial charge on any atom is 0.335 e. The number of aryl methyl sites for hydroxylation is 1. The Bertz CT molecular complexity index is 740. The summed E-state index contributed by atoms with van der Waals surface area (Å²) in [5, 5.41) is 8.86. The number of aromatic carboxylic acids is 1. The fourth-order valence-corrected chi connectivity index (χ4v) is 2.60. The van der Waals surface area contributed by atoms with Crippen LogP contribution < -0.4 is 0 Å². The van der Waals surface area contributed by atoms with E-state index in [1.54, 1.807) is 24.3 Å². The van der Waals surface area contributed by atoms with E-state index in [4.69, 9.17) is 5.11 Å². The highest BCUT2D eigenvalue weighted by atomic mass is 16.4. The minimum Gasteiger partial charge on any atom is -0.478 e. The second kappa shape index (κ2) is 5.37. The smallest absolute Gasteiger partial charge is 0.335 e. The van der Waals surface area contributed by atoms with Crippen LogP contribution in [0.5, 0.6) is 0 Å². The van der Waals surface area contributed by atoms with Gasteiger partial charge in [0.2, 0.25) is 0 Å². The molecule has 0 aliphatic heterocycles. The van der Waals surface area contributed by atoms with Crippen LogP contribution >= 0.6 is 0 Å². The Morgan fingerprint density at radius 3 is 2.48 bits per heavy atom. The predicted octanol–water partition coefficient (Wildman–Crippen LogP) is 3.68. The van der Waals surface area contributed by atoms with Crippen LogP contribution in [0.15, 0.2) is 42.5 Å². The lowest BCUT2D eigenvalue weighted by Gasteiger charge is -2.02. The number of ketones is 1. The van der Waals surface area contributed by atoms with Crippen LogP contribution in [0.4, 0.5) is 0 Å². The van der Waals surface area contributed by atoms with Crippen LogP contribution in [0.25, 0.3) is 12.2 Å². The molecule has 0 atom stereocenters. The maximum absolute atomic E-state index is 11.9. The molecule has 0 heterocycles. The SMILES string of the molecule is O=C(O)c1ccc(C=Cc2cccc3c2C(=O)CC3)cc1. The summed E-state index contributed by atoms with van der Waals surface area (Å²) in [5.74, 6) is -0.733. The first-order chi connectivity index (χ1) is 10.1. The molecule has 2 aromatic rings. The predicted molar refractivity (Wildman–Crippen MR) is 81.4 cm³/mol. The third-order valence-corrected chi connectivity index (χ3v) is 3.70. The average Bonchev–Trinajstić information content (AvgIpc) is 2.88. The Balaban J connectivity index is 1.89. The molecule has 0 saturated carbocycles. The van der Waals surface area contributed by atoms with E-state index < -0.39 is 5.97 Å². The fraction of sp³-hybridized carbons (Fsp3) is 0.111. The Morgan fingerprint density at radius 2 is 1.76 bits per heavy atom. The third kappa shape index (κ3) is 2.63. The molecule has 0 bridgehead atoms. The van der Waals surface area contributed by atoms with E-state index in [2.05, 4.69) is 0 Å². The van der Waals surface area contributed by atoms with E-state index in [9.17, 15) is 9.59 Å². The molecule has 0 fully saturated rings. The lowest BCUT2D eigenvalue weighted by Crippen LogP contribution is -1.95. The van der Waals surface area contributed by atoms with Crippen molar-refractivity contribution in [3.05, 3.63) is 70.3 Å². The summed E-state index contributed by atoms with van der Waals surface area (Å²) >= 11 is 0. The van der Waals surface area contributed by atoms with Crippen molar-refractivity contribution in [1.29, 1.82) is 0 Å². The first-order valence-corrected chi connectivity index (χ1v) is 6.82. The number of benzene rings is 2. The molecule has 0 radical (unpaired) electrons. The zero-order chi connectivity index (χ0) is 14.8. The molecule has 3 rings (SSSR count). The number of Topliss-reactive ketones (excluding diaryl/α,β-unsaturated/α-hetero) is 1. The van der Waals surface area contributed by atoms with E-state index in [-0.39, 0.29) is 11.3 Å². The summed E-state index contributed by atoms with van der Waals surface area (Å²) in [4.78, 5) is 22.7. The van der Waals surface area contributed by atoms with Crippen molar-refractivity contribution >= 4 is 23.9 Å². The second-order valence-corrected chi connectivity index (χ2v) is 5.07. The highest BCUT2D eigenvalue weighted by Gasteiger charge is 2.21. The van der Waals surface area contributed by atoms with Gasteiger partial charge in [-0.25, -0.2) is 4.79 Å². The summed E-state index contributed by atoms with van der Waals surface area (Å²) in [6.45, 7) is 0. The molecule has 0 unspecified atom stereocenters. The monoisotopic (exact) mass is 278 g/mol. The third-order valence-electron chi connectivity index (χ3n) is 3.70. The van der Waals surface area contributed by atoms with Crippen LogP contribution in [0.3, 0.4) is 0 Å². The Kier molecular flexibility index (Phi) is 3.40. The van der Waals surface area contributed by atoms with Crippen LogP contribution in [0.2, 0.25) is 0 Å². The molecule has 0 spiro atoms. The second-order valence-electron chi connectivity index (χ2n) is 5.07. The maximum atomic E-state index is 11.9. The normalized spacial score (nSPS) is 13.6. The molecule has 0 saturated heterocycles. The van der Waals surface area contributed by atoms with Crippen LogP contribution in [-0.4, -0.2) is 16.9 Å². The van der Waals surface area contributed by atoms with Gasteiger partial charge in [-0.15, -0.1) is 0 Å².